The summed E-state index contributed by atoms with van der Waals surface area (Å²) in [5.41, 5.74) is 5.75. The van der Waals surface area contributed by atoms with Crippen molar-refractivity contribution in [3.8, 4) is 28.2 Å². The molecule has 0 saturated carbocycles. The van der Waals surface area contributed by atoms with Crippen LogP contribution in [0.1, 0.15) is 24.7 Å². The standard InChI is InChI=1S/C28H25O2/c1-3-21(23-14-16-26(29-2)17-15-23)18-27-19-25(22-10-6-4-7-11-22)20-28(30-27)24-12-8-5-9-13-24/h4-20H,3H2,1-2H3/q+1. The monoisotopic (exact) mass is 393 g/mol. The smallest absolute Gasteiger partial charge is 0.361 e. The first-order valence-corrected chi connectivity index (χ1v) is 10.2. The lowest BCUT2D eigenvalue weighted by Gasteiger charge is -2.06. The van der Waals surface area contributed by atoms with Crippen molar-refractivity contribution in [2.45, 2.75) is 13.3 Å². The SMILES string of the molecule is CCC(=Cc1cc(-c2ccccc2)cc(-c2ccccc2)[o+]1)c1ccc(OC)cc1. The minimum Gasteiger partial charge on any atom is -0.497 e. The Balaban J connectivity index is 1.82. The van der Waals surface area contributed by atoms with Crippen molar-refractivity contribution in [3.63, 3.8) is 0 Å². The van der Waals surface area contributed by atoms with E-state index in [9.17, 15) is 0 Å². The van der Waals surface area contributed by atoms with Gasteiger partial charge in [-0.25, -0.2) is 4.42 Å². The first-order valence-electron chi connectivity index (χ1n) is 10.2. The second-order valence-electron chi connectivity index (χ2n) is 7.10. The third-order valence-electron chi connectivity index (χ3n) is 5.14. The van der Waals surface area contributed by atoms with Crippen LogP contribution in [0.5, 0.6) is 5.75 Å². The molecule has 0 amide bonds. The van der Waals surface area contributed by atoms with Crippen LogP contribution in [0.2, 0.25) is 0 Å². The number of rotatable bonds is 6. The molecule has 0 aliphatic heterocycles. The molecule has 0 bridgehead atoms. The molecule has 1 heterocycles. The average Bonchev–Trinajstić information content (AvgIpc) is 2.83. The number of allylic oxidation sites excluding steroid dienone is 1. The molecule has 4 rings (SSSR count). The lowest BCUT2D eigenvalue weighted by Crippen LogP contribution is -1.88. The fourth-order valence-electron chi connectivity index (χ4n) is 3.50. The molecule has 4 aromatic rings. The summed E-state index contributed by atoms with van der Waals surface area (Å²) in [6.45, 7) is 2.16. The maximum absolute atomic E-state index is 6.32. The zero-order chi connectivity index (χ0) is 20.8. The first-order chi connectivity index (χ1) is 14.8. The number of ether oxygens (including phenoxy) is 1. The van der Waals surface area contributed by atoms with Gasteiger partial charge in [0.1, 0.15) is 5.75 Å². The molecule has 30 heavy (non-hydrogen) atoms. The maximum Gasteiger partial charge on any atom is 0.361 e. The first kappa shape index (κ1) is 19.7. The van der Waals surface area contributed by atoms with Gasteiger partial charge >= 0.3 is 11.5 Å². The van der Waals surface area contributed by atoms with Crippen molar-refractivity contribution in [2.24, 2.45) is 0 Å². The molecule has 2 nitrogen and oxygen atoms in total. The summed E-state index contributed by atoms with van der Waals surface area (Å²) in [5, 5.41) is 0. The van der Waals surface area contributed by atoms with Crippen LogP contribution in [0, 0.1) is 0 Å². The molecule has 0 aliphatic rings. The molecule has 0 spiro atoms. The predicted octanol–water partition coefficient (Wildman–Crippen LogP) is 7.85. The fraction of sp³-hybridized carbons (Fsp3) is 0.107. The Bertz CT molecular complexity index is 1070. The molecule has 1 aromatic heterocycles. The van der Waals surface area contributed by atoms with Gasteiger partial charge in [0.15, 0.2) is 0 Å². The van der Waals surface area contributed by atoms with Gasteiger partial charge in [-0.05, 0) is 47.4 Å². The topological polar surface area (TPSA) is 20.5 Å². The molecule has 0 fully saturated rings. The highest BCUT2D eigenvalue weighted by molar-refractivity contribution is 5.82. The predicted molar refractivity (Wildman–Crippen MR) is 125 cm³/mol. The van der Waals surface area contributed by atoms with Crippen LogP contribution < -0.4 is 4.74 Å². The quantitative estimate of drug-likeness (QED) is 0.311. The van der Waals surface area contributed by atoms with Crippen LogP contribution in [0.4, 0.5) is 0 Å². The van der Waals surface area contributed by atoms with Crippen molar-refractivity contribution in [1.29, 1.82) is 0 Å². The van der Waals surface area contributed by atoms with Gasteiger partial charge in [-0.15, -0.1) is 0 Å². The molecular weight excluding hydrogens is 368 g/mol. The van der Waals surface area contributed by atoms with E-state index in [0.29, 0.717) is 0 Å². The summed E-state index contributed by atoms with van der Waals surface area (Å²) >= 11 is 0. The summed E-state index contributed by atoms with van der Waals surface area (Å²) in [4.78, 5) is 0. The van der Waals surface area contributed by atoms with Crippen molar-refractivity contribution in [1.82, 2.24) is 0 Å². The van der Waals surface area contributed by atoms with Crippen LogP contribution in [-0.2, 0) is 0 Å². The molecule has 0 aliphatic carbocycles. The van der Waals surface area contributed by atoms with Crippen molar-refractivity contribution in [2.75, 3.05) is 7.11 Å². The minimum atomic E-state index is 0.836. The third-order valence-corrected chi connectivity index (χ3v) is 5.14. The average molecular weight is 394 g/mol. The number of methoxy groups -OCH3 is 1. The van der Waals surface area contributed by atoms with Gasteiger partial charge in [-0.3, -0.25) is 0 Å². The molecule has 0 radical (unpaired) electrons. The zero-order valence-corrected chi connectivity index (χ0v) is 17.3. The molecule has 0 unspecified atom stereocenters. The van der Waals surface area contributed by atoms with Gasteiger partial charge in [0, 0.05) is 11.6 Å². The second kappa shape index (κ2) is 9.23. The summed E-state index contributed by atoms with van der Waals surface area (Å²) in [5.74, 6) is 2.55. The Morgan fingerprint density at radius 1 is 0.767 bits per heavy atom. The normalized spacial score (nSPS) is 11.3. The highest BCUT2D eigenvalue weighted by Crippen LogP contribution is 2.31. The highest BCUT2D eigenvalue weighted by Gasteiger charge is 2.18. The van der Waals surface area contributed by atoms with Crippen LogP contribution in [0.3, 0.4) is 0 Å². The Labute approximate surface area is 178 Å². The lowest BCUT2D eigenvalue weighted by molar-refractivity contribution is 0.415. The second-order valence-corrected chi connectivity index (χ2v) is 7.10. The molecular formula is C28H25O2+. The molecule has 0 saturated heterocycles. The van der Waals surface area contributed by atoms with E-state index in [4.69, 9.17) is 9.15 Å². The Morgan fingerprint density at radius 3 is 2.00 bits per heavy atom. The van der Waals surface area contributed by atoms with Crippen molar-refractivity contribution < 1.29 is 9.15 Å². The van der Waals surface area contributed by atoms with Crippen molar-refractivity contribution >= 4 is 11.6 Å². The molecule has 148 valence electrons. The molecule has 3 aromatic carbocycles. The van der Waals surface area contributed by atoms with Gasteiger partial charge in [-0.2, -0.15) is 0 Å². The molecule has 2 heteroatoms. The van der Waals surface area contributed by atoms with E-state index in [1.165, 1.54) is 16.7 Å². The van der Waals surface area contributed by atoms with E-state index in [1.54, 1.807) is 7.11 Å². The third kappa shape index (κ3) is 4.49. The van der Waals surface area contributed by atoms with Gasteiger partial charge < -0.3 is 4.74 Å². The zero-order valence-electron chi connectivity index (χ0n) is 17.3. The van der Waals surface area contributed by atoms with Crippen LogP contribution in [0.25, 0.3) is 34.1 Å². The van der Waals surface area contributed by atoms with Crippen molar-refractivity contribution in [3.05, 3.63) is 108 Å². The largest absolute Gasteiger partial charge is 0.497 e. The molecule has 0 atom stereocenters. The Kier molecular flexibility index (Phi) is 6.05. The van der Waals surface area contributed by atoms with E-state index in [2.05, 4.69) is 73.7 Å². The van der Waals surface area contributed by atoms with Gasteiger partial charge in [0.05, 0.1) is 24.8 Å². The van der Waals surface area contributed by atoms with Crippen LogP contribution in [0.15, 0.2) is 101 Å². The van der Waals surface area contributed by atoms with Gasteiger partial charge in [0.2, 0.25) is 0 Å². The maximum atomic E-state index is 6.32. The van der Waals surface area contributed by atoms with Gasteiger partial charge in [0.25, 0.3) is 0 Å². The van der Waals surface area contributed by atoms with Crippen LogP contribution >= 0.6 is 0 Å². The van der Waals surface area contributed by atoms with Gasteiger partial charge in [-0.1, -0.05) is 67.6 Å². The van der Waals surface area contributed by atoms with E-state index in [0.717, 1.165) is 34.8 Å². The summed E-state index contributed by atoms with van der Waals surface area (Å²) in [7, 11) is 1.69. The van der Waals surface area contributed by atoms with E-state index >= 15 is 0 Å². The Hall–Kier alpha value is -3.65. The minimum absolute atomic E-state index is 0.836. The summed E-state index contributed by atoms with van der Waals surface area (Å²) < 4.78 is 11.6. The highest BCUT2D eigenvalue weighted by atomic mass is 16.5. The Morgan fingerprint density at radius 2 is 1.40 bits per heavy atom. The number of hydrogen-bond donors (Lipinski definition) is 0. The van der Waals surface area contributed by atoms with E-state index < -0.39 is 0 Å². The summed E-state index contributed by atoms with van der Waals surface area (Å²) in [6, 6.07) is 33.0. The fourth-order valence-corrected chi connectivity index (χ4v) is 3.50. The van der Waals surface area contributed by atoms with E-state index in [1.807, 2.05) is 36.4 Å². The van der Waals surface area contributed by atoms with Crippen LogP contribution in [-0.4, -0.2) is 7.11 Å². The summed E-state index contributed by atoms with van der Waals surface area (Å²) in [6.07, 6.45) is 3.04. The van der Waals surface area contributed by atoms with E-state index in [-0.39, 0.29) is 0 Å². The molecule has 0 N–H and O–H groups in total. The number of benzene rings is 3. The number of hydrogen-bond acceptors (Lipinski definition) is 1. The lowest BCUT2D eigenvalue weighted by atomic mass is 10.00.